The summed E-state index contributed by atoms with van der Waals surface area (Å²) in [5, 5.41) is 0. The molecule has 0 unspecified atom stereocenters. The lowest BCUT2D eigenvalue weighted by Gasteiger charge is -2.10. The highest BCUT2D eigenvalue weighted by molar-refractivity contribution is 5.22. The molecule has 0 bridgehead atoms. The normalized spacial score (nSPS) is 10.9. The molecule has 0 aliphatic rings. The highest BCUT2D eigenvalue weighted by atomic mass is 15.1. The summed E-state index contributed by atoms with van der Waals surface area (Å²) in [4.78, 5) is 18.5. The summed E-state index contributed by atoms with van der Waals surface area (Å²) in [6, 6.07) is 0. The SMILES string of the molecule is C.C.C.C.Cc1c(C(C)C)nc(C(C)C)n1C.Cc1c(C(C)C)nc(C(C)C)n1C.Cc1nc(C(C)C)n(C)c1C(C)C.Cc1nc(C(C)C)n(C)c1C(C)C. The molecule has 8 nitrogen and oxygen atoms in total. The quantitative estimate of drug-likeness (QED) is 0.178. The van der Waals surface area contributed by atoms with Crippen LogP contribution in [-0.4, -0.2) is 38.2 Å². The molecular formula is C48H96N8. The zero-order chi connectivity index (χ0) is 40.7. The zero-order valence-electron chi connectivity index (χ0n) is 38.2. The smallest absolute Gasteiger partial charge is 0.111 e. The van der Waals surface area contributed by atoms with Crippen LogP contribution in [0.3, 0.4) is 0 Å². The van der Waals surface area contributed by atoms with Gasteiger partial charge in [-0.2, -0.15) is 0 Å². The summed E-state index contributed by atoms with van der Waals surface area (Å²) in [7, 11) is 8.43. The minimum Gasteiger partial charge on any atom is -0.335 e. The second-order valence-corrected chi connectivity index (χ2v) is 17.2. The molecule has 0 spiro atoms. The van der Waals surface area contributed by atoms with Crippen LogP contribution in [0.4, 0.5) is 0 Å². The van der Waals surface area contributed by atoms with E-state index in [1.807, 2.05) is 0 Å². The van der Waals surface area contributed by atoms with Gasteiger partial charge in [0.05, 0.1) is 22.8 Å². The van der Waals surface area contributed by atoms with Crippen molar-refractivity contribution < 1.29 is 0 Å². The highest BCUT2D eigenvalue weighted by Crippen LogP contribution is 2.26. The molecule has 8 heteroatoms. The van der Waals surface area contributed by atoms with Crippen LogP contribution in [0.15, 0.2) is 0 Å². The fourth-order valence-corrected chi connectivity index (χ4v) is 7.36. The molecule has 4 aromatic heterocycles. The Morgan fingerprint density at radius 3 is 0.625 bits per heavy atom. The van der Waals surface area contributed by atoms with Gasteiger partial charge in [-0.3, -0.25) is 0 Å². The van der Waals surface area contributed by atoms with Gasteiger partial charge in [0.2, 0.25) is 0 Å². The van der Waals surface area contributed by atoms with Gasteiger partial charge in [0.15, 0.2) is 0 Å². The number of aromatic nitrogens is 8. The van der Waals surface area contributed by atoms with Crippen molar-refractivity contribution in [3.63, 3.8) is 0 Å². The van der Waals surface area contributed by atoms with Crippen LogP contribution < -0.4 is 0 Å². The van der Waals surface area contributed by atoms with Crippen molar-refractivity contribution >= 4 is 0 Å². The van der Waals surface area contributed by atoms with Crippen LogP contribution in [0.5, 0.6) is 0 Å². The van der Waals surface area contributed by atoms with Gasteiger partial charge in [-0.15, -0.1) is 0 Å². The first kappa shape index (κ1) is 59.5. The van der Waals surface area contributed by atoms with E-state index >= 15 is 0 Å². The van der Waals surface area contributed by atoms with Gasteiger partial charge in [-0.05, 0) is 51.4 Å². The monoisotopic (exact) mass is 785 g/mol. The van der Waals surface area contributed by atoms with Crippen LogP contribution in [0, 0.1) is 27.7 Å². The van der Waals surface area contributed by atoms with Crippen LogP contribution in [-0.2, 0) is 28.2 Å². The van der Waals surface area contributed by atoms with Gasteiger partial charge in [-0.1, -0.05) is 140 Å². The molecule has 0 saturated carbocycles. The number of hydrogen-bond donors (Lipinski definition) is 0. The van der Waals surface area contributed by atoms with Gasteiger partial charge in [0, 0.05) is 74.6 Å². The van der Waals surface area contributed by atoms with Crippen molar-refractivity contribution in [2.45, 2.75) is 216 Å². The third kappa shape index (κ3) is 14.7. The van der Waals surface area contributed by atoms with Gasteiger partial charge in [0.25, 0.3) is 0 Å². The standard InChI is InChI=1S/4C11H20N2.4CH4/c2*1-7(2)10-9(5)13(6)11(12-10)8(3)4;2*1-7(2)10-9(5)12-11(8(3)4)13(10)6;;;;/h4*7-8H,1-6H3;4*1H4. The Balaban J connectivity index is -0.000000314. The van der Waals surface area contributed by atoms with Crippen LogP contribution >= 0.6 is 0 Å². The van der Waals surface area contributed by atoms with Crippen molar-refractivity contribution in [3.05, 3.63) is 68.8 Å². The van der Waals surface area contributed by atoms with Gasteiger partial charge in [0.1, 0.15) is 23.3 Å². The Morgan fingerprint density at radius 2 is 0.518 bits per heavy atom. The largest absolute Gasteiger partial charge is 0.335 e. The molecule has 0 aromatic carbocycles. The summed E-state index contributed by atoms with van der Waals surface area (Å²) < 4.78 is 8.90. The molecule has 0 atom stereocenters. The van der Waals surface area contributed by atoms with Crippen molar-refractivity contribution in [1.29, 1.82) is 0 Å². The van der Waals surface area contributed by atoms with E-state index in [0.717, 1.165) is 0 Å². The Bertz CT molecular complexity index is 1480. The Kier molecular flexibility index (Phi) is 26.8. The lowest BCUT2D eigenvalue weighted by molar-refractivity contribution is 0.664. The molecule has 4 aromatic rings. The number of nitrogens with zero attached hydrogens (tertiary/aromatic N) is 8. The van der Waals surface area contributed by atoms with E-state index in [-0.39, 0.29) is 29.7 Å². The summed E-state index contributed by atoms with van der Waals surface area (Å²) in [6.07, 6.45) is 0. The molecule has 0 aliphatic carbocycles. The lowest BCUT2D eigenvalue weighted by atomic mass is 10.1. The van der Waals surface area contributed by atoms with Crippen LogP contribution in [0.2, 0.25) is 0 Å². The molecule has 0 amide bonds. The molecule has 0 aliphatic heterocycles. The van der Waals surface area contributed by atoms with E-state index in [2.05, 4.69) is 205 Å². The lowest BCUT2D eigenvalue weighted by Crippen LogP contribution is -2.04. The van der Waals surface area contributed by atoms with Crippen molar-refractivity contribution in [2.75, 3.05) is 0 Å². The van der Waals surface area contributed by atoms with E-state index in [1.165, 1.54) is 68.8 Å². The number of aryl methyl sites for hydroxylation is 2. The maximum absolute atomic E-state index is 4.67. The Morgan fingerprint density at radius 1 is 0.304 bits per heavy atom. The molecule has 328 valence electrons. The average molecular weight is 785 g/mol. The molecule has 0 fully saturated rings. The van der Waals surface area contributed by atoms with E-state index in [4.69, 9.17) is 0 Å². The van der Waals surface area contributed by atoms with Gasteiger partial charge >= 0.3 is 0 Å². The maximum atomic E-state index is 4.67. The third-order valence-corrected chi connectivity index (χ3v) is 9.87. The molecule has 0 saturated heterocycles. The average Bonchev–Trinajstić information content (AvgIpc) is 3.70. The third-order valence-electron chi connectivity index (χ3n) is 9.87. The molecule has 0 radical (unpaired) electrons. The maximum Gasteiger partial charge on any atom is 0.111 e. The predicted octanol–water partition coefficient (Wildman–Crippen LogP) is 14.4. The Labute approximate surface area is 349 Å². The first-order valence-corrected chi connectivity index (χ1v) is 19.9. The summed E-state index contributed by atoms with van der Waals surface area (Å²) >= 11 is 0. The zero-order valence-corrected chi connectivity index (χ0v) is 38.2. The second-order valence-electron chi connectivity index (χ2n) is 17.2. The van der Waals surface area contributed by atoms with E-state index < -0.39 is 0 Å². The highest BCUT2D eigenvalue weighted by Gasteiger charge is 2.18. The molecule has 4 heterocycles. The minimum absolute atomic E-state index is 0. The first-order valence-electron chi connectivity index (χ1n) is 19.9. The summed E-state index contributed by atoms with van der Waals surface area (Å²) in [5.74, 6) is 9.00. The number of rotatable bonds is 8. The van der Waals surface area contributed by atoms with Crippen molar-refractivity contribution in [1.82, 2.24) is 38.2 Å². The minimum atomic E-state index is 0. The van der Waals surface area contributed by atoms with Crippen molar-refractivity contribution in [3.8, 4) is 0 Å². The fraction of sp³-hybridized carbons (Fsp3) is 0.750. The molecule has 56 heavy (non-hydrogen) atoms. The predicted molar refractivity (Wildman–Crippen MR) is 251 cm³/mol. The van der Waals surface area contributed by atoms with Crippen molar-refractivity contribution in [2.24, 2.45) is 28.2 Å². The molecule has 0 N–H and O–H groups in total. The summed E-state index contributed by atoms with van der Waals surface area (Å²) in [6.45, 7) is 43.6. The Hall–Kier alpha value is -3.16. The van der Waals surface area contributed by atoms with Gasteiger partial charge in [-0.25, -0.2) is 19.9 Å². The summed E-state index contributed by atoms with van der Waals surface area (Å²) in [5.41, 5.74) is 10.2. The van der Waals surface area contributed by atoms with Gasteiger partial charge < -0.3 is 18.3 Å². The van der Waals surface area contributed by atoms with E-state index in [9.17, 15) is 0 Å². The van der Waals surface area contributed by atoms with E-state index in [0.29, 0.717) is 47.3 Å². The molecular weight excluding hydrogens is 689 g/mol. The first-order chi connectivity index (χ1) is 23.8. The van der Waals surface area contributed by atoms with E-state index in [1.54, 1.807) is 0 Å². The van der Waals surface area contributed by atoms with Crippen LogP contribution in [0.1, 0.15) is 257 Å². The molecule has 4 rings (SSSR count). The van der Waals surface area contributed by atoms with Crippen LogP contribution in [0.25, 0.3) is 0 Å². The topological polar surface area (TPSA) is 71.3 Å². The fourth-order valence-electron chi connectivity index (χ4n) is 7.36. The number of imidazole rings is 4. The second kappa shape index (κ2) is 25.3. The number of hydrogen-bond acceptors (Lipinski definition) is 4.